The van der Waals surface area contributed by atoms with E-state index in [0.717, 1.165) is 6.20 Å². The summed E-state index contributed by atoms with van der Waals surface area (Å²) in [5.74, 6) is -0.820. The highest BCUT2D eigenvalue weighted by atomic mass is 32.2. The van der Waals surface area contributed by atoms with Crippen LogP contribution in [0.2, 0.25) is 0 Å². The molecule has 13 heavy (non-hydrogen) atoms. The van der Waals surface area contributed by atoms with Gasteiger partial charge in [0.1, 0.15) is 5.75 Å². The van der Waals surface area contributed by atoms with Crippen LogP contribution in [0.15, 0.2) is 15.8 Å². The summed E-state index contributed by atoms with van der Waals surface area (Å²) >= 11 is 0. The van der Waals surface area contributed by atoms with Crippen molar-refractivity contribution in [2.75, 3.05) is 0 Å². The van der Waals surface area contributed by atoms with E-state index in [-0.39, 0.29) is 5.56 Å². The van der Waals surface area contributed by atoms with E-state index in [1.807, 2.05) is 4.98 Å². The van der Waals surface area contributed by atoms with Crippen LogP contribution in [0.3, 0.4) is 0 Å². The van der Waals surface area contributed by atoms with Crippen molar-refractivity contribution in [2.24, 2.45) is 0 Å². The second-order valence-electron chi connectivity index (χ2n) is 2.32. The molecular weight excluding hydrogens is 200 g/mol. The molecule has 0 saturated heterocycles. The molecule has 1 heterocycles. The Morgan fingerprint density at radius 3 is 2.46 bits per heavy atom. The van der Waals surface area contributed by atoms with Crippen LogP contribution in [0.1, 0.15) is 5.56 Å². The van der Waals surface area contributed by atoms with E-state index in [0.29, 0.717) is 0 Å². The van der Waals surface area contributed by atoms with Gasteiger partial charge in [-0.25, -0.2) is 4.79 Å². The maximum absolute atomic E-state index is 10.9. The number of rotatable bonds is 2. The molecule has 0 aliphatic rings. The topological polar surface area (TPSA) is 120 Å². The zero-order valence-corrected chi connectivity index (χ0v) is 7.09. The minimum atomic E-state index is -4.25. The van der Waals surface area contributed by atoms with Crippen molar-refractivity contribution in [1.29, 1.82) is 0 Å². The summed E-state index contributed by atoms with van der Waals surface area (Å²) in [6.45, 7) is 0. The zero-order chi connectivity index (χ0) is 10.1. The van der Waals surface area contributed by atoms with Crippen molar-refractivity contribution in [3.05, 3.63) is 32.6 Å². The maximum atomic E-state index is 10.9. The summed E-state index contributed by atoms with van der Waals surface area (Å²) < 4.78 is 29.1. The van der Waals surface area contributed by atoms with Gasteiger partial charge in [-0.05, 0) is 0 Å². The van der Waals surface area contributed by atoms with Gasteiger partial charge < -0.3 is 4.98 Å². The van der Waals surface area contributed by atoms with Crippen molar-refractivity contribution < 1.29 is 13.0 Å². The lowest BCUT2D eigenvalue weighted by molar-refractivity contribution is 0.481. The summed E-state index contributed by atoms with van der Waals surface area (Å²) in [5, 5.41) is 0. The lowest BCUT2D eigenvalue weighted by Gasteiger charge is -1.94. The highest BCUT2D eigenvalue weighted by Gasteiger charge is 2.09. The Bertz CT molecular complexity index is 510. The van der Waals surface area contributed by atoms with Crippen LogP contribution in [0, 0.1) is 0 Å². The molecule has 0 saturated carbocycles. The molecule has 3 N–H and O–H groups in total. The van der Waals surface area contributed by atoms with Crippen LogP contribution in [-0.4, -0.2) is 22.9 Å². The molecule has 1 aromatic heterocycles. The maximum Gasteiger partial charge on any atom is 0.325 e. The van der Waals surface area contributed by atoms with Crippen LogP contribution >= 0.6 is 0 Å². The molecule has 1 aromatic rings. The van der Waals surface area contributed by atoms with Crippen molar-refractivity contribution in [1.82, 2.24) is 9.97 Å². The minimum Gasteiger partial charge on any atom is -0.314 e. The molecule has 0 unspecified atom stereocenters. The molecule has 1 rings (SSSR count). The third kappa shape index (κ3) is 2.84. The predicted molar refractivity (Wildman–Crippen MR) is 42.9 cm³/mol. The largest absolute Gasteiger partial charge is 0.325 e. The van der Waals surface area contributed by atoms with Gasteiger partial charge in [0.15, 0.2) is 0 Å². The van der Waals surface area contributed by atoms with Crippen LogP contribution in [0.4, 0.5) is 0 Å². The van der Waals surface area contributed by atoms with Gasteiger partial charge >= 0.3 is 5.69 Å². The summed E-state index contributed by atoms with van der Waals surface area (Å²) in [6, 6.07) is 0. The Balaban J connectivity index is 3.19. The highest BCUT2D eigenvalue weighted by molar-refractivity contribution is 7.85. The normalized spacial score (nSPS) is 11.5. The van der Waals surface area contributed by atoms with Crippen LogP contribution < -0.4 is 11.2 Å². The van der Waals surface area contributed by atoms with Crippen LogP contribution in [-0.2, 0) is 15.9 Å². The fraction of sp³-hybridized carbons (Fsp3) is 0.200. The molecule has 0 spiro atoms. The average molecular weight is 206 g/mol. The monoisotopic (exact) mass is 206 g/mol. The molecule has 0 aromatic carbocycles. The third-order valence-electron chi connectivity index (χ3n) is 1.23. The molecule has 0 aliphatic carbocycles. The first kappa shape index (κ1) is 9.68. The van der Waals surface area contributed by atoms with Crippen molar-refractivity contribution in [3.8, 4) is 0 Å². The lowest BCUT2D eigenvalue weighted by Crippen LogP contribution is -2.25. The van der Waals surface area contributed by atoms with Crippen molar-refractivity contribution in [3.63, 3.8) is 0 Å². The first-order valence-corrected chi connectivity index (χ1v) is 4.75. The Labute approximate surface area is 72.2 Å². The van der Waals surface area contributed by atoms with Crippen LogP contribution in [0.5, 0.6) is 0 Å². The molecule has 8 heteroatoms. The van der Waals surface area contributed by atoms with Gasteiger partial charge in [0.05, 0.1) is 5.56 Å². The smallest absolute Gasteiger partial charge is 0.314 e. The molecule has 0 aliphatic heterocycles. The summed E-state index contributed by atoms with van der Waals surface area (Å²) in [7, 11) is -4.25. The van der Waals surface area contributed by atoms with E-state index in [9.17, 15) is 18.0 Å². The molecule has 0 bridgehead atoms. The first-order valence-electron chi connectivity index (χ1n) is 3.14. The minimum absolute atomic E-state index is 0.220. The Kier molecular flexibility index (Phi) is 2.34. The van der Waals surface area contributed by atoms with Gasteiger partial charge in [0.25, 0.3) is 15.7 Å². The standard InChI is InChI=1S/C5H6N2O5S/c8-4-3(2-13(10,11)12)1-6-5(9)7-4/h1H,2H2,(H,10,11,12)(H2,6,7,8,9). The quantitative estimate of drug-likeness (QED) is 0.506. The fourth-order valence-corrected chi connectivity index (χ4v) is 1.35. The molecule has 0 radical (unpaired) electrons. The Morgan fingerprint density at radius 1 is 1.38 bits per heavy atom. The van der Waals surface area contributed by atoms with E-state index in [4.69, 9.17) is 4.55 Å². The summed E-state index contributed by atoms with van der Waals surface area (Å²) in [4.78, 5) is 25.2. The van der Waals surface area contributed by atoms with E-state index in [2.05, 4.69) is 4.98 Å². The summed E-state index contributed by atoms with van der Waals surface area (Å²) in [5.41, 5.74) is -1.78. The number of H-pyrrole nitrogens is 2. The van der Waals surface area contributed by atoms with Crippen molar-refractivity contribution in [2.45, 2.75) is 5.75 Å². The Morgan fingerprint density at radius 2 is 2.00 bits per heavy atom. The van der Waals surface area contributed by atoms with Gasteiger partial charge in [-0.1, -0.05) is 0 Å². The SMILES string of the molecule is O=c1[nH]cc(CS(=O)(=O)O)c(=O)[nH]1. The third-order valence-corrected chi connectivity index (χ3v) is 1.91. The second-order valence-corrected chi connectivity index (χ2v) is 3.78. The number of hydrogen-bond donors (Lipinski definition) is 3. The molecule has 0 atom stereocenters. The number of aromatic nitrogens is 2. The van der Waals surface area contributed by atoms with Gasteiger partial charge in [0.2, 0.25) is 0 Å². The Hall–Kier alpha value is -1.41. The molecule has 72 valence electrons. The predicted octanol–water partition coefficient (Wildman–Crippen LogP) is -1.55. The summed E-state index contributed by atoms with van der Waals surface area (Å²) in [6.07, 6.45) is 0.939. The number of hydrogen-bond acceptors (Lipinski definition) is 4. The van der Waals surface area contributed by atoms with Crippen molar-refractivity contribution >= 4 is 10.1 Å². The van der Waals surface area contributed by atoms with E-state index < -0.39 is 27.1 Å². The zero-order valence-electron chi connectivity index (χ0n) is 6.27. The van der Waals surface area contributed by atoms with Crippen LogP contribution in [0.25, 0.3) is 0 Å². The lowest BCUT2D eigenvalue weighted by atomic mass is 10.4. The molecule has 7 nitrogen and oxygen atoms in total. The molecular formula is C5H6N2O5S. The van der Waals surface area contributed by atoms with E-state index in [1.54, 1.807) is 0 Å². The molecule has 0 fully saturated rings. The highest BCUT2D eigenvalue weighted by Crippen LogP contribution is 1.93. The van der Waals surface area contributed by atoms with E-state index >= 15 is 0 Å². The van der Waals surface area contributed by atoms with Gasteiger partial charge in [0, 0.05) is 6.20 Å². The fourth-order valence-electron chi connectivity index (χ4n) is 0.741. The first-order chi connectivity index (χ1) is 5.88. The number of aromatic amines is 2. The van der Waals surface area contributed by atoms with Gasteiger partial charge in [-0.3, -0.25) is 14.3 Å². The second kappa shape index (κ2) is 3.15. The van der Waals surface area contributed by atoms with Gasteiger partial charge in [-0.15, -0.1) is 0 Å². The number of nitrogens with one attached hydrogen (secondary N) is 2. The molecule has 0 amide bonds. The van der Waals surface area contributed by atoms with Gasteiger partial charge in [-0.2, -0.15) is 8.42 Å². The van der Waals surface area contributed by atoms with E-state index in [1.165, 1.54) is 0 Å². The average Bonchev–Trinajstić information content (AvgIpc) is 1.93.